The summed E-state index contributed by atoms with van der Waals surface area (Å²) >= 11 is 3.24. The zero-order chi connectivity index (χ0) is 7.68. The molecule has 0 aromatic carbocycles. The molecule has 0 fully saturated rings. The number of rotatable bonds is 0. The lowest BCUT2D eigenvalue weighted by atomic mass is 10.4. The Bertz CT molecular complexity index is 277. The maximum atomic E-state index is 5.27. The number of halogens is 1. The van der Waals surface area contributed by atoms with Crippen molar-refractivity contribution < 1.29 is 9.47 Å². The van der Waals surface area contributed by atoms with Gasteiger partial charge in [-0.3, -0.25) is 0 Å². The van der Waals surface area contributed by atoms with E-state index in [0.29, 0.717) is 19.1 Å². The number of hydrogen-bond donors (Lipinski definition) is 0. The van der Waals surface area contributed by atoms with Gasteiger partial charge in [0, 0.05) is 0 Å². The van der Waals surface area contributed by atoms with E-state index in [9.17, 15) is 0 Å². The van der Waals surface area contributed by atoms with Gasteiger partial charge < -0.3 is 9.47 Å². The topological polar surface area (TPSA) is 31.4 Å². The van der Waals surface area contributed by atoms with Crippen molar-refractivity contribution >= 4 is 15.9 Å². The SMILES string of the molecule is Brc1ccc2c(n1)OCCO2. The molecule has 0 bridgehead atoms. The highest BCUT2D eigenvalue weighted by molar-refractivity contribution is 9.10. The molecular weight excluding hydrogens is 210 g/mol. The third-order valence-electron chi connectivity index (χ3n) is 1.37. The first-order chi connectivity index (χ1) is 5.36. The lowest BCUT2D eigenvalue weighted by Crippen LogP contribution is -2.16. The van der Waals surface area contributed by atoms with Gasteiger partial charge in [0.05, 0.1) is 0 Å². The average molecular weight is 216 g/mol. The van der Waals surface area contributed by atoms with Crippen LogP contribution in [0.1, 0.15) is 0 Å². The van der Waals surface area contributed by atoms with Crippen LogP contribution in [0.5, 0.6) is 11.6 Å². The summed E-state index contributed by atoms with van der Waals surface area (Å²) in [5.74, 6) is 1.30. The fourth-order valence-corrected chi connectivity index (χ4v) is 1.20. The fourth-order valence-electron chi connectivity index (χ4n) is 0.908. The predicted octanol–water partition coefficient (Wildman–Crippen LogP) is 1.62. The minimum atomic E-state index is 0.575. The minimum Gasteiger partial charge on any atom is -0.484 e. The first kappa shape index (κ1) is 6.91. The molecule has 58 valence electrons. The van der Waals surface area contributed by atoms with Crippen LogP contribution in [0, 0.1) is 0 Å². The van der Waals surface area contributed by atoms with E-state index in [1.165, 1.54) is 0 Å². The molecule has 2 rings (SSSR count). The fraction of sp³-hybridized carbons (Fsp3) is 0.286. The maximum Gasteiger partial charge on any atom is 0.258 e. The second-order valence-electron chi connectivity index (χ2n) is 2.13. The van der Waals surface area contributed by atoms with Crippen molar-refractivity contribution in [1.29, 1.82) is 0 Å². The van der Waals surface area contributed by atoms with Gasteiger partial charge in [0.2, 0.25) is 0 Å². The monoisotopic (exact) mass is 215 g/mol. The van der Waals surface area contributed by atoms with Crippen LogP contribution in [0.3, 0.4) is 0 Å². The van der Waals surface area contributed by atoms with E-state index < -0.39 is 0 Å². The normalized spacial score (nSPS) is 14.6. The molecule has 0 atom stereocenters. The molecule has 2 heterocycles. The summed E-state index contributed by atoms with van der Waals surface area (Å²) in [5.41, 5.74) is 0. The molecule has 11 heavy (non-hydrogen) atoms. The molecule has 0 N–H and O–H groups in total. The number of aromatic nitrogens is 1. The van der Waals surface area contributed by atoms with E-state index in [4.69, 9.17) is 9.47 Å². The Kier molecular flexibility index (Phi) is 1.69. The van der Waals surface area contributed by atoms with Gasteiger partial charge in [-0.15, -0.1) is 0 Å². The van der Waals surface area contributed by atoms with Crippen molar-refractivity contribution in [3.8, 4) is 11.6 Å². The van der Waals surface area contributed by atoms with Gasteiger partial charge in [0.25, 0.3) is 5.88 Å². The molecule has 0 radical (unpaired) electrons. The first-order valence-electron chi connectivity index (χ1n) is 3.28. The summed E-state index contributed by atoms with van der Waals surface area (Å²) < 4.78 is 11.3. The lowest BCUT2D eigenvalue weighted by molar-refractivity contribution is 0.164. The number of hydrogen-bond acceptors (Lipinski definition) is 3. The quantitative estimate of drug-likeness (QED) is 0.617. The highest BCUT2D eigenvalue weighted by Crippen LogP contribution is 2.28. The van der Waals surface area contributed by atoms with Crippen molar-refractivity contribution in [1.82, 2.24) is 4.98 Å². The van der Waals surface area contributed by atoms with Gasteiger partial charge in [-0.25, -0.2) is 4.98 Å². The van der Waals surface area contributed by atoms with Crippen molar-refractivity contribution in [2.45, 2.75) is 0 Å². The van der Waals surface area contributed by atoms with Gasteiger partial charge in [-0.2, -0.15) is 0 Å². The third kappa shape index (κ3) is 1.30. The van der Waals surface area contributed by atoms with E-state index in [2.05, 4.69) is 20.9 Å². The molecule has 4 heteroatoms. The van der Waals surface area contributed by atoms with E-state index in [0.717, 1.165) is 10.4 Å². The number of fused-ring (bicyclic) bond motifs is 1. The summed E-state index contributed by atoms with van der Waals surface area (Å²) in [6.45, 7) is 1.19. The molecule has 1 aliphatic rings. The van der Waals surface area contributed by atoms with Crippen LogP contribution >= 0.6 is 15.9 Å². The van der Waals surface area contributed by atoms with Crippen LogP contribution in [-0.2, 0) is 0 Å². The molecule has 0 spiro atoms. The summed E-state index contributed by atoms with van der Waals surface area (Å²) in [6.07, 6.45) is 0. The largest absolute Gasteiger partial charge is 0.484 e. The predicted molar refractivity (Wildman–Crippen MR) is 42.9 cm³/mol. The molecule has 0 saturated heterocycles. The second-order valence-corrected chi connectivity index (χ2v) is 2.95. The van der Waals surface area contributed by atoms with E-state index in [1.54, 1.807) is 0 Å². The van der Waals surface area contributed by atoms with Crippen molar-refractivity contribution in [2.75, 3.05) is 13.2 Å². The summed E-state index contributed by atoms with van der Waals surface area (Å²) in [6, 6.07) is 3.67. The Labute approximate surface area is 72.5 Å². The Hall–Kier alpha value is -0.770. The zero-order valence-electron chi connectivity index (χ0n) is 5.71. The van der Waals surface area contributed by atoms with Crippen LogP contribution in [0.2, 0.25) is 0 Å². The van der Waals surface area contributed by atoms with Crippen LogP contribution in [0.25, 0.3) is 0 Å². The molecule has 0 amide bonds. The first-order valence-corrected chi connectivity index (χ1v) is 4.08. The zero-order valence-corrected chi connectivity index (χ0v) is 7.30. The smallest absolute Gasteiger partial charge is 0.258 e. The highest BCUT2D eigenvalue weighted by Gasteiger charge is 2.11. The van der Waals surface area contributed by atoms with Crippen molar-refractivity contribution in [3.05, 3.63) is 16.7 Å². The Morgan fingerprint density at radius 2 is 2.09 bits per heavy atom. The number of pyridine rings is 1. The Morgan fingerprint density at radius 3 is 3.00 bits per heavy atom. The molecule has 0 saturated carbocycles. The number of nitrogens with zero attached hydrogens (tertiary/aromatic N) is 1. The molecular formula is C7H6BrNO2. The molecule has 3 nitrogen and oxygen atoms in total. The van der Waals surface area contributed by atoms with Crippen LogP contribution in [-0.4, -0.2) is 18.2 Å². The molecule has 0 unspecified atom stereocenters. The van der Waals surface area contributed by atoms with Crippen molar-refractivity contribution in [3.63, 3.8) is 0 Å². The lowest BCUT2D eigenvalue weighted by Gasteiger charge is -2.16. The van der Waals surface area contributed by atoms with Crippen LogP contribution < -0.4 is 9.47 Å². The standard InChI is InChI=1S/C7H6BrNO2/c8-6-2-1-5-7(9-6)11-4-3-10-5/h1-2H,3-4H2. The van der Waals surface area contributed by atoms with Gasteiger partial charge in [-0.05, 0) is 28.1 Å². The van der Waals surface area contributed by atoms with E-state index in [1.807, 2.05) is 12.1 Å². The van der Waals surface area contributed by atoms with Gasteiger partial charge in [0.1, 0.15) is 17.8 Å². The summed E-state index contributed by atoms with van der Waals surface area (Å²) in [4.78, 5) is 4.08. The molecule has 1 aromatic rings. The average Bonchev–Trinajstić information content (AvgIpc) is 2.04. The van der Waals surface area contributed by atoms with E-state index in [-0.39, 0.29) is 0 Å². The van der Waals surface area contributed by atoms with Crippen molar-refractivity contribution in [2.24, 2.45) is 0 Å². The van der Waals surface area contributed by atoms with Crippen LogP contribution in [0.15, 0.2) is 16.7 Å². The highest BCUT2D eigenvalue weighted by atomic mass is 79.9. The van der Waals surface area contributed by atoms with Gasteiger partial charge >= 0.3 is 0 Å². The van der Waals surface area contributed by atoms with Gasteiger partial charge in [0.15, 0.2) is 5.75 Å². The second kappa shape index (κ2) is 2.70. The molecule has 0 aliphatic carbocycles. The van der Waals surface area contributed by atoms with Crippen LogP contribution in [0.4, 0.5) is 0 Å². The summed E-state index contributed by atoms with van der Waals surface area (Å²) in [7, 11) is 0. The van der Waals surface area contributed by atoms with Gasteiger partial charge in [-0.1, -0.05) is 0 Å². The Morgan fingerprint density at radius 1 is 1.27 bits per heavy atom. The number of ether oxygens (including phenoxy) is 2. The molecule has 1 aromatic heterocycles. The Balaban J connectivity index is 2.43. The third-order valence-corrected chi connectivity index (χ3v) is 1.81. The minimum absolute atomic E-state index is 0.575. The maximum absolute atomic E-state index is 5.27. The summed E-state index contributed by atoms with van der Waals surface area (Å²) in [5, 5.41) is 0. The molecule has 1 aliphatic heterocycles. The van der Waals surface area contributed by atoms with E-state index >= 15 is 0 Å².